The van der Waals surface area contributed by atoms with Crippen LogP contribution in [-0.2, 0) is 19.2 Å². The number of rotatable bonds is 15. The molecule has 1 saturated carbocycles. The van der Waals surface area contributed by atoms with Gasteiger partial charge in [0.1, 0.15) is 12.1 Å². The van der Waals surface area contributed by atoms with E-state index in [1.165, 1.54) is 43.9 Å². The fourth-order valence-corrected chi connectivity index (χ4v) is 6.92. The topological polar surface area (TPSA) is 136 Å². The lowest BCUT2D eigenvalue weighted by Crippen LogP contribution is -2.52. The van der Waals surface area contributed by atoms with E-state index < -0.39 is 29.9 Å². The Kier molecular flexibility index (Phi) is 13.8. The number of amides is 4. The monoisotopic (exact) mass is 652 g/mol. The van der Waals surface area contributed by atoms with Crippen LogP contribution in [0.5, 0.6) is 0 Å². The molecular formula is C32H46Cl2N4O6. The molecule has 3 N–H and O–H groups in total. The van der Waals surface area contributed by atoms with Gasteiger partial charge >= 0.3 is 5.97 Å². The van der Waals surface area contributed by atoms with Crippen molar-refractivity contribution in [3.8, 4) is 0 Å². The maximum atomic E-state index is 13.8. The zero-order valence-corrected chi connectivity index (χ0v) is 27.4. The third-order valence-electron chi connectivity index (χ3n) is 8.77. The van der Waals surface area contributed by atoms with Gasteiger partial charge in [-0.25, -0.2) is 0 Å². The predicted molar refractivity (Wildman–Crippen MR) is 170 cm³/mol. The molecule has 1 aromatic rings. The average molecular weight is 654 g/mol. The number of halogens is 2. The number of likely N-dealkylation sites (tertiary alicyclic amines) is 1. The number of hydrogen-bond donors (Lipinski definition) is 3. The van der Waals surface area contributed by atoms with E-state index in [0.717, 1.165) is 25.7 Å². The first-order chi connectivity index (χ1) is 21.0. The van der Waals surface area contributed by atoms with Crippen LogP contribution in [0, 0.1) is 5.41 Å². The van der Waals surface area contributed by atoms with Crippen molar-refractivity contribution < 1.29 is 29.1 Å². The third-order valence-corrected chi connectivity index (χ3v) is 9.20. The lowest BCUT2D eigenvalue weighted by atomic mass is 9.77. The highest BCUT2D eigenvalue weighted by molar-refractivity contribution is 6.35. The molecular weight excluding hydrogens is 607 g/mol. The number of carboxylic acid groups (broad SMARTS) is 1. The summed E-state index contributed by atoms with van der Waals surface area (Å²) < 4.78 is 0. The highest BCUT2D eigenvalue weighted by Gasteiger charge is 2.39. The van der Waals surface area contributed by atoms with Gasteiger partial charge in [0.2, 0.25) is 17.7 Å². The molecule has 12 heteroatoms. The summed E-state index contributed by atoms with van der Waals surface area (Å²) in [7, 11) is 0. The normalized spacial score (nSPS) is 17.1. The molecule has 1 saturated heterocycles. The van der Waals surface area contributed by atoms with Crippen LogP contribution in [0.25, 0.3) is 0 Å². The number of carbonyl (C=O) groups is 5. The first kappa shape index (κ1) is 35.6. The third kappa shape index (κ3) is 10.4. The van der Waals surface area contributed by atoms with Crippen molar-refractivity contribution in [1.82, 2.24) is 20.4 Å². The zero-order chi connectivity index (χ0) is 32.3. The van der Waals surface area contributed by atoms with Crippen molar-refractivity contribution in [3.63, 3.8) is 0 Å². The number of piperidine rings is 1. The van der Waals surface area contributed by atoms with Crippen LogP contribution >= 0.6 is 23.2 Å². The van der Waals surface area contributed by atoms with Crippen molar-refractivity contribution in [2.24, 2.45) is 5.41 Å². The number of aliphatic carboxylic acids is 1. The van der Waals surface area contributed by atoms with E-state index in [1.54, 1.807) is 9.80 Å². The molecule has 0 aromatic heterocycles. The summed E-state index contributed by atoms with van der Waals surface area (Å²) in [6, 6.07) is 2.42. The van der Waals surface area contributed by atoms with E-state index in [9.17, 15) is 29.1 Å². The summed E-state index contributed by atoms with van der Waals surface area (Å²) in [5, 5.41) is 15.3. The molecule has 0 radical (unpaired) electrons. The Balaban J connectivity index is 1.72. The molecule has 1 unspecified atom stereocenters. The Morgan fingerprint density at radius 2 is 1.43 bits per heavy atom. The van der Waals surface area contributed by atoms with E-state index in [2.05, 4.69) is 10.6 Å². The largest absolute Gasteiger partial charge is 0.481 e. The fourth-order valence-electron chi connectivity index (χ4n) is 6.39. The second-order valence-corrected chi connectivity index (χ2v) is 13.0. The van der Waals surface area contributed by atoms with E-state index in [4.69, 9.17) is 23.2 Å². The van der Waals surface area contributed by atoms with E-state index in [1.807, 2.05) is 13.8 Å². The SMILES string of the molecule is CCCN(CCC)C(=O)[C@H](CCC(=O)O)NC(=O)CCC(NC(=O)c1cc(Cl)cc(Cl)c1)C(=O)N1CCC2(CCCC2)CC1. The van der Waals surface area contributed by atoms with Crippen LogP contribution < -0.4 is 10.6 Å². The number of nitrogens with one attached hydrogen (secondary N) is 2. The number of hydrogen-bond acceptors (Lipinski definition) is 5. The Morgan fingerprint density at radius 1 is 0.864 bits per heavy atom. The van der Waals surface area contributed by atoms with Gasteiger partial charge in [0.25, 0.3) is 5.91 Å². The maximum absolute atomic E-state index is 13.8. The highest BCUT2D eigenvalue weighted by atomic mass is 35.5. The van der Waals surface area contributed by atoms with Crippen LogP contribution in [-0.4, -0.2) is 82.8 Å². The molecule has 4 amide bonds. The van der Waals surface area contributed by atoms with E-state index >= 15 is 0 Å². The summed E-state index contributed by atoms with van der Waals surface area (Å²) in [5.41, 5.74) is 0.494. The number of carboxylic acids is 1. The molecule has 1 spiro atoms. The second kappa shape index (κ2) is 17.0. The number of carbonyl (C=O) groups excluding carboxylic acids is 4. The van der Waals surface area contributed by atoms with Gasteiger partial charge in [-0.1, -0.05) is 49.9 Å². The molecule has 44 heavy (non-hydrogen) atoms. The smallest absolute Gasteiger partial charge is 0.303 e. The minimum absolute atomic E-state index is 0.000176. The summed E-state index contributed by atoms with van der Waals surface area (Å²) >= 11 is 12.2. The zero-order valence-electron chi connectivity index (χ0n) is 25.8. The van der Waals surface area contributed by atoms with Crippen LogP contribution in [0.3, 0.4) is 0 Å². The predicted octanol–water partition coefficient (Wildman–Crippen LogP) is 5.05. The summed E-state index contributed by atoms with van der Waals surface area (Å²) in [6.07, 6.45) is 7.61. The first-order valence-electron chi connectivity index (χ1n) is 15.8. The lowest BCUT2D eigenvalue weighted by molar-refractivity contribution is -0.140. The van der Waals surface area contributed by atoms with Gasteiger partial charge in [0.05, 0.1) is 0 Å². The Hall–Kier alpha value is -2.85. The van der Waals surface area contributed by atoms with Gasteiger partial charge in [0.15, 0.2) is 0 Å². The van der Waals surface area contributed by atoms with Crippen molar-refractivity contribution in [3.05, 3.63) is 33.8 Å². The van der Waals surface area contributed by atoms with Crippen molar-refractivity contribution in [2.75, 3.05) is 26.2 Å². The molecule has 3 rings (SSSR count). The van der Waals surface area contributed by atoms with Crippen LogP contribution in [0.15, 0.2) is 18.2 Å². The van der Waals surface area contributed by atoms with E-state index in [0.29, 0.717) is 31.6 Å². The molecule has 10 nitrogen and oxygen atoms in total. The molecule has 244 valence electrons. The Labute approximate surface area is 270 Å². The second-order valence-electron chi connectivity index (χ2n) is 12.1. The molecule has 2 fully saturated rings. The Morgan fingerprint density at radius 3 is 1.98 bits per heavy atom. The fraction of sp³-hybridized carbons (Fsp3) is 0.656. The van der Waals surface area contributed by atoms with Gasteiger partial charge in [-0.2, -0.15) is 0 Å². The lowest BCUT2D eigenvalue weighted by Gasteiger charge is -2.40. The van der Waals surface area contributed by atoms with Crippen molar-refractivity contribution >= 4 is 52.8 Å². The van der Waals surface area contributed by atoms with Gasteiger partial charge in [-0.15, -0.1) is 0 Å². The quantitative estimate of drug-likeness (QED) is 0.242. The van der Waals surface area contributed by atoms with Crippen molar-refractivity contribution in [1.29, 1.82) is 0 Å². The summed E-state index contributed by atoms with van der Waals surface area (Å²) in [5.74, 6) is -2.69. The minimum atomic E-state index is -1.06. The Bertz CT molecular complexity index is 1150. The molecule has 0 bridgehead atoms. The van der Waals surface area contributed by atoms with Gasteiger partial charge in [0, 0.05) is 54.6 Å². The molecule has 1 heterocycles. The van der Waals surface area contributed by atoms with Gasteiger partial charge in [-0.3, -0.25) is 24.0 Å². The molecule has 1 aromatic carbocycles. The molecule has 1 aliphatic heterocycles. The highest BCUT2D eigenvalue weighted by Crippen LogP contribution is 2.46. The summed E-state index contributed by atoms with van der Waals surface area (Å²) in [4.78, 5) is 68.1. The molecule has 1 aliphatic carbocycles. The first-order valence-corrected chi connectivity index (χ1v) is 16.6. The number of benzene rings is 1. The average Bonchev–Trinajstić information content (AvgIpc) is 3.43. The summed E-state index contributed by atoms with van der Waals surface area (Å²) in [6.45, 7) is 6.07. The van der Waals surface area contributed by atoms with Crippen molar-refractivity contribution in [2.45, 2.75) is 103 Å². The molecule has 2 atom stereocenters. The standard InChI is InChI=1S/C32H46Cl2N4O6/c1-3-15-37(16-4-2)30(43)25(8-10-28(40)41)35-27(39)9-7-26(36-29(42)22-19-23(33)21-24(34)20-22)31(44)38-17-13-32(14-18-38)11-5-6-12-32/h19-21,25-26H,3-18H2,1-2H3,(H,35,39)(H,36,42)(H,40,41)/t25-,26?/m0/s1. The van der Waals surface area contributed by atoms with E-state index in [-0.39, 0.29) is 53.1 Å². The van der Waals surface area contributed by atoms with Gasteiger partial charge in [-0.05, 0) is 75.0 Å². The van der Waals surface area contributed by atoms with Gasteiger partial charge < -0.3 is 25.5 Å². The van der Waals surface area contributed by atoms with Crippen LogP contribution in [0.4, 0.5) is 0 Å². The maximum Gasteiger partial charge on any atom is 0.303 e. The minimum Gasteiger partial charge on any atom is -0.481 e. The number of nitrogens with zero attached hydrogens (tertiary/aromatic N) is 2. The molecule has 2 aliphatic rings. The van der Waals surface area contributed by atoms with Crippen LogP contribution in [0.2, 0.25) is 10.0 Å². The van der Waals surface area contributed by atoms with Crippen LogP contribution in [0.1, 0.15) is 101 Å².